The second kappa shape index (κ2) is 12.1. The average Bonchev–Trinajstić information content (AvgIpc) is 2.52. The van der Waals surface area contributed by atoms with E-state index in [1.54, 1.807) is 25.6 Å². The van der Waals surface area contributed by atoms with Crippen LogP contribution in [0.3, 0.4) is 0 Å². The number of thioether (sulfide) groups is 1. The van der Waals surface area contributed by atoms with E-state index >= 15 is 0 Å². The number of nitrogens with one attached hydrogen (secondary N) is 2. The molecule has 0 heterocycles. The standard InChI is InChI=1S/C19H34N2O4S/c1-11(2)18(24)13(5)10-16(22)14(6)21-17(23)8-9-20-19(25)15(7)26-12(3)4/h11-15H,8-10H2,1-7H3,(H,20,25)(H,21,23)/t13-,14+,15?/m1/s1. The number of hydrogen-bond donors (Lipinski definition) is 2. The fourth-order valence-electron chi connectivity index (χ4n) is 2.46. The molecule has 26 heavy (non-hydrogen) atoms. The van der Waals surface area contributed by atoms with Gasteiger partial charge in [0, 0.05) is 31.2 Å². The van der Waals surface area contributed by atoms with Gasteiger partial charge in [0.25, 0.3) is 0 Å². The van der Waals surface area contributed by atoms with Gasteiger partial charge in [-0.2, -0.15) is 0 Å². The summed E-state index contributed by atoms with van der Waals surface area (Å²) in [4.78, 5) is 47.8. The molecule has 7 heteroatoms. The van der Waals surface area contributed by atoms with Crippen molar-refractivity contribution < 1.29 is 19.2 Å². The van der Waals surface area contributed by atoms with Crippen LogP contribution in [0, 0.1) is 11.8 Å². The molecule has 0 aromatic heterocycles. The molecule has 6 nitrogen and oxygen atoms in total. The van der Waals surface area contributed by atoms with E-state index < -0.39 is 6.04 Å². The van der Waals surface area contributed by atoms with E-state index in [-0.39, 0.29) is 59.9 Å². The summed E-state index contributed by atoms with van der Waals surface area (Å²) in [5, 5.41) is 5.55. The molecule has 3 atom stereocenters. The number of carbonyl (C=O) groups excluding carboxylic acids is 4. The lowest BCUT2D eigenvalue weighted by molar-refractivity contribution is -0.131. The molecule has 0 radical (unpaired) electrons. The van der Waals surface area contributed by atoms with Crippen LogP contribution in [0.4, 0.5) is 0 Å². The van der Waals surface area contributed by atoms with Crippen molar-refractivity contribution in [1.29, 1.82) is 0 Å². The van der Waals surface area contributed by atoms with Crippen molar-refractivity contribution in [2.24, 2.45) is 11.8 Å². The first kappa shape index (κ1) is 24.6. The van der Waals surface area contributed by atoms with E-state index in [1.165, 1.54) is 0 Å². The minimum absolute atomic E-state index is 0.0491. The lowest BCUT2D eigenvalue weighted by atomic mass is 9.91. The molecule has 0 saturated heterocycles. The van der Waals surface area contributed by atoms with E-state index in [4.69, 9.17) is 0 Å². The van der Waals surface area contributed by atoms with Crippen molar-refractivity contribution in [3.63, 3.8) is 0 Å². The van der Waals surface area contributed by atoms with Gasteiger partial charge in [-0.15, -0.1) is 11.8 Å². The lowest BCUT2D eigenvalue weighted by Gasteiger charge is -2.17. The summed E-state index contributed by atoms with van der Waals surface area (Å²) in [5.74, 6) is -0.956. The summed E-state index contributed by atoms with van der Waals surface area (Å²) >= 11 is 1.56. The van der Waals surface area contributed by atoms with Crippen LogP contribution < -0.4 is 10.6 Å². The Morgan fingerprint density at radius 3 is 2.00 bits per heavy atom. The Morgan fingerprint density at radius 2 is 1.50 bits per heavy atom. The highest BCUT2D eigenvalue weighted by atomic mass is 32.2. The molecule has 0 fully saturated rings. The Labute approximate surface area is 161 Å². The van der Waals surface area contributed by atoms with E-state index in [0.717, 1.165) is 0 Å². The predicted molar refractivity (Wildman–Crippen MR) is 106 cm³/mol. The van der Waals surface area contributed by atoms with Gasteiger partial charge in [0.1, 0.15) is 5.78 Å². The third-order valence-corrected chi connectivity index (χ3v) is 5.09. The summed E-state index contributed by atoms with van der Waals surface area (Å²) in [5.41, 5.74) is 0. The second-order valence-corrected chi connectivity index (χ2v) is 9.21. The molecule has 0 aliphatic rings. The molecular formula is C19H34N2O4S. The molecule has 0 aliphatic carbocycles. The molecule has 1 unspecified atom stereocenters. The van der Waals surface area contributed by atoms with Crippen LogP contribution in [-0.4, -0.2) is 46.5 Å². The number of rotatable bonds is 12. The molecule has 0 rings (SSSR count). The van der Waals surface area contributed by atoms with E-state index in [2.05, 4.69) is 10.6 Å². The number of ketones is 2. The van der Waals surface area contributed by atoms with Crippen LogP contribution in [0.25, 0.3) is 0 Å². The number of carbonyl (C=O) groups is 4. The zero-order valence-electron chi connectivity index (χ0n) is 17.0. The topological polar surface area (TPSA) is 92.3 Å². The maximum absolute atomic E-state index is 12.2. The Morgan fingerprint density at radius 1 is 0.923 bits per heavy atom. The van der Waals surface area contributed by atoms with Crippen LogP contribution >= 0.6 is 11.8 Å². The minimum Gasteiger partial charge on any atom is -0.355 e. The molecule has 0 spiro atoms. The van der Waals surface area contributed by atoms with Gasteiger partial charge in [-0.25, -0.2) is 0 Å². The van der Waals surface area contributed by atoms with Gasteiger partial charge < -0.3 is 10.6 Å². The normalized spacial score (nSPS) is 14.7. The predicted octanol–water partition coefficient (Wildman–Crippen LogP) is 2.35. The highest BCUT2D eigenvalue weighted by molar-refractivity contribution is 8.01. The van der Waals surface area contributed by atoms with Gasteiger partial charge in [0.15, 0.2) is 5.78 Å². The van der Waals surface area contributed by atoms with Crippen molar-refractivity contribution in [3.8, 4) is 0 Å². The van der Waals surface area contributed by atoms with Crippen LogP contribution in [0.1, 0.15) is 61.3 Å². The SMILES string of the molecule is CC(C)SC(C)C(=O)NCCC(=O)N[C@@H](C)C(=O)C[C@@H](C)C(=O)C(C)C. The largest absolute Gasteiger partial charge is 0.355 e. The maximum atomic E-state index is 12.2. The van der Waals surface area contributed by atoms with Gasteiger partial charge in [-0.1, -0.05) is 34.6 Å². The summed E-state index contributed by atoms with van der Waals surface area (Å²) in [6, 6.07) is -0.643. The third-order valence-electron chi connectivity index (χ3n) is 3.92. The van der Waals surface area contributed by atoms with E-state index in [0.29, 0.717) is 5.25 Å². The van der Waals surface area contributed by atoms with Crippen molar-refractivity contribution in [3.05, 3.63) is 0 Å². The molecule has 0 aromatic rings. The summed E-state index contributed by atoms with van der Waals surface area (Å²) in [7, 11) is 0. The van der Waals surface area contributed by atoms with Gasteiger partial charge in [-0.3, -0.25) is 19.2 Å². The van der Waals surface area contributed by atoms with Crippen LogP contribution in [0.2, 0.25) is 0 Å². The molecule has 0 aliphatic heterocycles. The molecular weight excluding hydrogens is 352 g/mol. The number of Topliss-reactive ketones (excluding diaryl/α,β-unsaturated/α-hetero) is 2. The molecule has 2 amide bonds. The van der Waals surface area contributed by atoms with Crippen LogP contribution in [0.5, 0.6) is 0 Å². The maximum Gasteiger partial charge on any atom is 0.232 e. The Kier molecular flexibility index (Phi) is 11.5. The highest BCUT2D eigenvalue weighted by Crippen LogP contribution is 2.16. The zero-order chi connectivity index (χ0) is 20.4. The van der Waals surface area contributed by atoms with Crippen molar-refractivity contribution in [1.82, 2.24) is 10.6 Å². The number of amides is 2. The summed E-state index contributed by atoms with van der Waals surface area (Å²) < 4.78 is 0. The first-order valence-electron chi connectivity index (χ1n) is 9.24. The van der Waals surface area contributed by atoms with Gasteiger partial charge in [-0.05, 0) is 19.1 Å². The van der Waals surface area contributed by atoms with Gasteiger partial charge in [0.2, 0.25) is 11.8 Å². The molecule has 0 bridgehead atoms. The Bertz CT molecular complexity index is 506. The Hall–Kier alpha value is -1.37. The minimum atomic E-state index is -0.643. The highest BCUT2D eigenvalue weighted by Gasteiger charge is 2.23. The van der Waals surface area contributed by atoms with Crippen molar-refractivity contribution in [2.75, 3.05) is 6.54 Å². The van der Waals surface area contributed by atoms with Crippen LogP contribution in [-0.2, 0) is 19.2 Å². The monoisotopic (exact) mass is 386 g/mol. The van der Waals surface area contributed by atoms with E-state index in [9.17, 15) is 19.2 Å². The molecule has 0 aromatic carbocycles. The first-order valence-corrected chi connectivity index (χ1v) is 10.2. The quantitative estimate of drug-likeness (QED) is 0.537. The summed E-state index contributed by atoms with van der Waals surface area (Å²) in [6.07, 6.45) is 0.238. The molecule has 2 N–H and O–H groups in total. The summed E-state index contributed by atoms with van der Waals surface area (Å²) in [6.45, 7) is 13.1. The lowest BCUT2D eigenvalue weighted by Crippen LogP contribution is -2.41. The van der Waals surface area contributed by atoms with E-state index in [1.807, 2.05) is 34.6 Å². The fourth-order valence-corrected chi connectivity index (χ4v) is 3.48. The van der Waals surface area contributed by atoms with Gasteiger partial charge >= 0.3 is 0 Å². The van der Waals surface area contributed by atoms with Crippen molar-refractivity contribution in [2.45, 2.75) is 77.8 Å². The fraction of sp³-hybridized carbons (Fsp3) is 0.789. The Balaban J connectivity index is 4.21. The zero-order valence-corrected chi connectivity index (χ0v) is 17.9. The average molecular weight is 387 g/mol. The molecule has 150 valence electrons. The molecule has 0 saturated carbocycles. The number of hydrogen-bond acceptors (Lipinski definition) is 5. The van der Waals surface area contributed by atoms with Gasteiger partial charge in [0.05, 0.1) is 11.3 Å². The smallest absolute Gasteiger partial charge is 0.232 e. The first-order chi connectivity index (χ1) is 12.0. The second-order valence-electron chi connectivity index (χ2n) is 7.29. The third kappa shape index (κ3) is 9.94. The van der Waals surface area contributed by atoms with Crippen LogP contribution in [0.15, 0.2) is 0 Å². The van der Waals surface area contributed by atoms with Crippen molar-refractivity contribution >= 4 is 35.1 Å².